The number of hydrogen-bond donors (Lipinski definition) is 2. The summed E-state index contributed by atoms with van der Waals surface area (Å²) in [5.41, 5.74) is 0.447. The van der Waals surface area contributed by atoms with Gasteiger partial charge in [-0.15, -0.1) is 11.8 Å². The molecule has 0 aromatic heterocycles. The van der Waals surface area contributed by atoms with Crippen LogP contribution in [0.2, 0.25) is 0 Å². The number of nitrogens with zero attached hydrogens (tertiary/aromatic N) is 2. The Hall–Kier alpha value is -2.01. The number of aliphatic carboxylic acids is 1. The first-order chi connectivity index (χ1) is 16.5. The fourth-order valence-electron chi connectivity index (χ4n) is 4.23. The normalized spacial score (nSPS) is 22.5. The van der Waals surface area contributed by atoms with Crippen LogP contribution >= 0.6 is 23.5 Å². The van der Waals surface area contributed by atoms with Crippen molar-refractivity contribution in [2.75, 3.05) is 20.2 Å². The summed E-state index contributed by atoms with van der Waals surface area (Å²) in [6.07, 6.45) is 4.05. The van der Waals surface area contributed by atoms with Gasteiger partial charge in [0.1, 0.15) is 4.75 Å². The molecule has 1 aromatic rings. The van der Waals surface area contributed by atoms with Crippen LogP contribution in [-0.4, -0.2) is 62.7 Å². The van der Waals surface area contributed by atoms with Crippen molar-refractivity contribution < 1.29 is 28.2 Å². The Morgan fingerprint density at radius 1 is 1.26 bits per heavy atom. The van der Waals surface area contributed by atoms with Crippen LogP contribution in [0, 0.1) is 17.6 Å². The number of carbonyl (C=O) groups excluding carboxylic acids is 1. The summed E-state index contributed by atoms with van der Waals surface area (Å²) in [4.78, 5) is 30.9. The highest BCUT2D eigenvalue weighted by atomic mass is 32.2. The molecule has 11 heteroatoms. The average molecular weight is 530 g/mol. The number of hydrogen-bond acceptors (Lipinski definition) is 6. The molecule has 194 valence electrons. The van der Waals surface area contributed by atoms with Gasteiger partial charge in [0.2, 0.25) is 0 Å². The molecule has 7 nitrogen and oxygen atoms in total. The molecule has 1 aromatic carbocycles. The number of amides is 2. The number of urea groups is 1. The summed E-state index contributed by atoms with van der Waals surface area (Å²) >= 11 is 2.65. The molecule has 0 saturated heterocycles. The number of rotatable bonds is 8. The van der Waals surface area contributed by atoms with Crippen LogP contribution in [0.3, 0.4) is 0 Å². The standard InChI is InChI=1S/C24H33F2N3O4S2/c1-14-5-7-16(8-6-14)29(10-9-15-11-17(25)20(33-4)18(26)12-15)23(32)28-22-27-13-19(34-22)35-24(2,3)21(30)31/h11-12,14,16,19H,5-10,13H2,1-4H3,(H,30,31)(H,27,28,32)/t14-,16-,19?. The SMILES string of the molecule is COc1c(F)cc(CCN(C(=O)NC2=NCC(SC(C)(C)C(=O)O)S2)[C@H]2CC[C@H](C)CC2)cc1F. The quantitative estimate of drug-likeness (QED) is 0.485. The van der Waals surface area contributed by atoms with Crippen LogP contribution < -0.4 is 10.1 Å². The molecule has 2 aliphatic rings. The van der Waals surface area contributed by atoms with E-state index in [1.807, 2.05) is 0 Å². The molecule has 1 unspecified atom stereocenters. The van der Waals surface area contributed by atoms with E-state index in [4.69, 9.17) is 4.74 Å². The van der Waals surface area contributed by atoms with Crippen LogP contribution in [-0.2, 0) is 11.2 Å². The molecular formula is C24H33F2N3O4S2. The predicted octanol–water partition coefficient (Wildman–Crippen LogP) is 5.13. The van der Waals surface area contributed by atoms with Gasteiger partial charge in [-0.3, -0.25) is 15.1 Å². The number of ether oxygens (including phenoxy) is 1. The Bertz CT molecular complexity index is 945. The fourth-order valence-corrected chi connectivity index (χ4v) is 7.02. The molecule has 1 saturated carbocycles. The first-order valence-corrected chi connectivity index (χ1v) is 13.5. The Kier molecular flexibility index (Phi) is 9.31. The van der Waals surface area contributed by atoms with Crippen LogP contribution in [0.4, 0.5) is 13.6 Å². The van der Waals surface area contributed by atoms with E-state index < -0.39 is 28.1 Å². The van der Waals surface area contributed by atoms with Gasteiger partial charge in [0, 0.05) is 12.6 Å². The zero-order valence-electron chi connectivity index (χ0n) is 20.5. The number of thioether (sulfide) groups is 2. The number of carbonyl (C=O) groups is 2. The third-order valence-electron chi connectivity index (χ3n) is 6.37. The van der Waals surface area contributed by atoms with E-state index in [2.05, 4.69) is 17.2 Å². The number of carboxylic acid groups (broad SMARTS) is 1. The summed E-state index contributed by atoms with van der Waals surface area (Å²) in [6.45, 7) is 6.21. The minimum atomic E-state index is -0.958. The molecule has 2 N–H and O–H groups in total. The van der Waals surface area contributed by atoms with E-state index in [1.165, 1.54) is 42.8 Å². The van der Waals surface area contributed by atoms with Gasteiger partial charge in [-0.2, -0.15) is 0 Å². The van der Waals surface area contributed by atoms with Gasteiger partial charge < -0.3 is 14.7 Å². The second-order valence-electron chi connectivity index (χ2n) is 9.51. The lowest BCUT2D eigenvalue weighted by atomic mass is 9.86. The Morgan fingerprint density at radius 2 is 1.89 bits per heavy atom. The van der Waals surface area contributed by atoms with Crippen molar-refractivity contribution in [2.24, 2.45) is 10.9 Å². The van der Waals surface area contributed by atoms with Gasteiger partial charge in [0.25, 0.3) is 0 Å². The second kappa shape index (κ2) is 11.8. The zero-order valence-corrected chi connectivity index (χ0v) is 22.1. The molecule has 0 bridgehead atoms. The Balaban J connectivity index is 1.66. The van der Waals surface area contributed by atoms with Gasteiger partial charge >= 0.3 is 12.0 Å². The van der Waals surface area contributed by atoms with Crippen LogP contribution in [0.15, 0.2) is 17.1 Å². The summed E-state index contributed by atoms with van der Waals surface area (Å²) in [7, 11) is 1.22. The monoisotopic (exact) mass is 529 g/mol. The lowest BCUT2D eigenvalue weighted by Gasteiger charge is -2.36. The first-order valence-electron chi connectivity index (χ1n) is 11.7. The maximum Gasteiger partial charge on any atom is 0.323 e. The number of aliphatic imine (C=N–C) groups is 1. The fraction of sp³-hybridized carbons (Fsp3) is 0.625. The minimum Gasteiger partial charge on any atom is -0.491 e. The number of carboxylic acids is 1. The molecule has 0 spiro atoms. The van der Waals surface area contributed by atoms with Crippen molar-refractivity contribution in [3.05, 3.63) is 29.3 Å². The minimum absolute atomic E-state index is 0.0299. The third-order valence-corrected chi connectivity index (χ3v) is 8.99. The molecule has 1 heterocycles. The lowest BCUT2D eigenvalue weighted by molar-refractivity contribution is -0.138. The van der Waals surface area contributed by atoms with Gasteiger partial charge in [-0.1, -0.05) is 18.7 Å². The highest BCUT2D eigenvalue weighted by molar-refractivity contribution is 8.25. The van der Waals surface area contributed by atoms with Gasteiger partial charge in [0.15, 0.2) is 22.6 Å². The highest BCUT2D eigenvalue weighted by Crippen LogP contribution is 2.38. The van der Waals surface area contributed by atoms with Crippen molar-refractivity contribution in [3.63, 3.8) is 0 Å². The van der Waals surface area contributed by atoms with E-state index >= 15 is 0 Å². The van der Waals surface area contributed by atoms with Gasteiger partial charge in [-0.05, 0) is 69.6 Å². The van der Waals surface area contributed by atoms with Crippen molar-refractivity contribution in [2.45, 2.75) is 68.2 Å². The van der Waals surface area contributed by atoms with Crippen molar-refractivity contribution >= 4 is 40.7 Å². The Labute approximate surface area is 213 Å². The average Bonchev–Trinajstić information content (AvgIpc) is 3.20. The van der Waals surface area contributed by atoms with Crippen molar-refractivity contribution in [1.29, 1.82) is 0 Å². The van der Waals surface area contributed by atoms with E-state index in [9.17, 15) is 23.5 Å². The molecular weight excluding hydrogens is 496 g/mol. The molecule has 0 radical (unpaired) electrons. The predicted molar refractivity (Wildman–Crippen MR) is 136 cm³/mol. The first kappa shape index (κ1) is 27.6. The summed E-state index contributed by atoms with van der Waals surface area (Å²) < 4.78 is 32.0. The largest absolute Gasteiger partial charge is 0.491 e. The summed E-state index contributed by atoms with van der Waals surface area (Å²) in [6, 6.07) is 2.21. The maximum atomic E-state index is 14.2. The highest BCUT2D eigenvalue weighted by Gasteiger charge is 2.35. The number of halogens is 2. The summed E-state index contributed by atoms with van der Waals surface area (Å²) in [5.74, 6) is -2.25. The second-order valence-corrected chi connectivity index (χ2v) is 12.8. The number of nitrogens with one attached hydrogen (secondary N) is 1. The van der Waals surface area contributed by atoms with Crippen molar-refractivity contribution in [1.82, 2.24) is 10.2 Å². The zero-order chi connectivity index (χ0) is 25.8. The third kappa shape index (κ3) is 7.25. The molecule has 2 amide bonds. The van der Waals surface area contributed by atoms with E-state index in [-0.39, 0.29) is 16.7 Å². The maximum absolute atomic E-state index is 14.2. The molecule has 1 fully saturated rings. The van der Waals surface area contributed by atoms with Gasteiger partial charge in [0.05, 0.1) is 18.2 Å². The molecule has 1 atom stereocenters. The van der Waals surface area contributed by atoms with Crippen LogP contribution in [0.25, 0.3) is 0 Å². The molecule has 35 heavy (non-hydrogen) atoms. The Morgan fingerprint density at radius 3 is 2.46 bits per heavy atom. The van der Waals surface area contributed by atoms with E-state index in [1.54, 1.807) is 18.7 Å². The topological polar surface area (TPSA) is 91.2 Å². The molecule has 1 aliphatic carbocycles. The number of amidine groups is 1. The van der Waals surface area contributed by atoms with E-state index in [0.717, 1.165) is 25.7 Å². The van der Waals surface area contributed by atoms with Crippen molar-refractivity contribution in [3.8, 4) is 5.75 Å². The molecule has 3 rings (SSSR count). The van der Waals surface area contributed by atoms with Gasteiger partial charge in [-0.25, -0.2) is 13.6 Å². The number of benzene rings is 1. The molecule has 1 aliphatic heterocycles. The van der Waals surface area contributed by atoms with E-state index in [0.29, 0.717) is 36.2 Å². The van der Waals surface area contributed by atoms with Crippen LogP contribution in [0.1, 0.15) is 52.0 Å². The van der Waals surface area contributed by atoms with Crippen LogP contribution in [0.5, 0.6) is 5.75 Å². The number of methoxy groups -OCH3 is 1. The summed E-state index contributed by atoms with van der Waals surface area (Å²) in [5, 5.41) is 12.7. The smallest absolute Gasteiger partial charge is 0.323 e. The lowest BCUT2D eigenvalue weighted by Crippen LogP contribution is -2.49.